The average molecular weight is 477 g/mol. The SMILES string of the molecule is CCC(OC(=O)c1ccccc1-c1nc2ccccc2s1)C(=O)Nc1ccc(OC)cc1OC. The van der Waals surface area contributed by atoms with Crippen molar-refractivity contribution in [2.75, 3.05) is 19.5 Å². The fourth-order valence-corrected chi connectivity index (χ4v) is 4.47. The zero-order chi connectivity index (χ0) is 24.1. The van der Waals surface area contributed by atoms with Crippen LogP contribution in [-0.2, 0) is 9.53 Å². The van der Waals surface area contributed by atoms with Crippen LogP contribution >= 0.6 is 11.3 Å². The van der Waals surface area contributed by atoms with Gasteiger partial charge in [-0.2, -0.15) is 0 Å². The first-order valence-electron chi connectivity index (χ1n) is 10.7. The van der Waals surface area contributed by atoms with E-state index in [9.17, 15) is 9.59 Å². The van der Waals surface area contributed by atoms with E-state index in [1.165, 1.54) is 18.4 Å². The zero-order valence-corrected chi connectivity index (χ0v) is 19.8. The number of ether oxygens (including phenoxy) is 3. The number of hydrogen-bond donors (Lipinski definition) is 1. The number of anilines is 1. The van der Waals surface area contributed by atoms with E-state index in [2.05, 4.69) is 10.3 Å². The molecule has 0 aliphatic carbocycles. The van der Waals surface area contributed by atoms with Crippen LogP contribution < -0.4 is 14.8 Å². The lowest BCUT2D eigenvalue weighted by Gasteiger charge is -2.18. The quantitative estimate of drug-likeness (QED) is 0.335. The second kappa shape index (κ2) is 10.4. The molecular weight excluding hydrogens is 452 g/mol. The standard InChI is InChI=1S/C26H24N2O5S/c1-4-21(24(29)27-19-14-13-16(31-2)15-22(19)32-3)33-26(30)18-10-6-5-9-17(18)25-28-20-11-7-8-12-23(20)34-25/h5-15,21H,4H2,1-3H3,(H,27,29). The molecule has 0 aliphatic heterocycles. The fourth-order valence-electron chi connectivity index (χ4n) is 3.46. The predicted octanol–water partition coefficient (Wildman–Crippen LogP) is 5.55. The molecule has 4 rings (SSSR count). The number of amides is 1. The second-order valence-electron chi connectivity index (χ2n) is 7.39. The predicted molar refractivity (Wildman–Crippen MR) is 133 cm³/mol. The lowest BCUT2D eigenvalue weighted by molar-refractivity contribution is -0.124. The number of benzene rings is 3. The van der Waals surface area contributed by atoms with Crippen molar-refractivity contribution in [1.29, 1.82) is 0 Å². The number of esters is 1. The molecule has 0 radical (unpaired) electrons. The fraction of sp³-hybridized carbons (Fsp3) is 0.192. The van der Waals surface area contributed by atoms with Crippen LogP contribution in [0.3, 0.4) is 0 Å². The van der Waals surface area contributed by atoms with Crippen molar-refractivity contribution in [1.82, 2.24) is 4.98 Å². The third-order valence-corrected chi connectivity index (χ3v) is 6.32. The molecule has 1 aromatic heterocycles. The highest BCUT2D eigenvalue weighted by Gasteiger charge is 2.25. The third kappa shape index (κ3) is 4.87. The Balaban J connectivity index is 1.54. The Morgan fingerprint density at radius 2 is 1.76 bits per heavy atom. The van der Waals surface area contributed by atoms with Gasteiger partial charge in [-0.1, -0.05) is 37.3 Å². The molecule has 1 amide bonds. The first kappa shape index (κ1) is 23.3. The Hall–Kier alpha value is -3.91. The highest BCUT2D eigenvalue weighted by Crippen LogP contribution is 2.33. The molecule has 1 unspecified atom stereocenters. The largest absolute Gasteiger partial charge is 0.497 e. The van der Waals surface area contributed by atoms with E-state index >= 15 is 0 Å². The van der Waals surface area contributed by atoms with Crippen LogP contribution in [0.25, 0.3) is 20.8 Å². The number of aromatic nitrogens is 1. The van der Waals surface area contributed by atoms with Gasteiger partial charge in [-0.3, -0.25) is 4.79 Å². The van der Waals surface area contributed by atoms with Gasteiger partial charge in [0.25, 0.3) is 5.91 Å². The van der Waals surface area contributed by atoms with Gasteiger partial charge in [0.1, 0.15) is 16.5 Å². The molecule has 4 aromatic rings. The van der Waals surface area contributed by atoms with Crippen LogP contribution in [0, 0.1) is 0 Å². The number of carbonyl (C=O) groups is 2. The van der Waals surface area contributed by atoms with Crippen LogP contribution in [0.4, 0.5) is 5.69 Å². The smallest absolute Gasteiger partial charge is 0.339 e. The van der Waals surface area contributed by atoms with Crippen LogP contribution in [0.15, 0.2) is 66.7 Å². The number of rotatable bonds is 8. The summed E-state index contributed by atoms with van der Waals surface area (Å²) in [7, 11) is 3.05. The number of fused-ring (bicyclic) bond motifs is 1. The molecule has 8 heteroatoms. The summed E-state index contributed by atoms with van der Waals surface area (Å²) in [4.78, 5) is 30.7. The van der Waals surface area contributed by atoms with Gasteiger partial charge in [0.05, 0.1) is 35.7 Å². The first-order valence-corrected chi connectivity index (χ1v) is 11.5. The monoisotopic (exact) mass is 476 g/mol. The maximum Gasteiger partial charge on any atom is 0.339 e. The van der Waals surface area contributed by atoms with Gasteiger partial charge in [0.2, 0.25) is 0 Å². The summed E-state index contributed by atoms with van der Waals surface area (Å²) in [5.74, 6) is 0.00479. The normalized spacial score (nSPS) is 11.6. The summed E-state index contributed by atoms with van der Waals surface area (Å²) < 4.78 is 17.2. The van der Waals surface area contributed by atoms with Crippen LogP contribution in [-0.4, -0.2) is 37.2 Å². The Kier molecular flexibility index (Phi) is 7.08. The molecule has 174 valence electrons. The Labute approximate surface area is 201 Å². The van der Waals surface area contributed by atoms with E-state index in [0.717, 1.165) is 10.2 Å². The summed E-state index contributed by atoms with van der Waals surface area (Å²) in [6.07, 6.45) is -0.679. The Bertz CT molecular complexity index is 1300. The third-order valence-electron chi connectivity index (χ3n) is 5.25. The van der Waals surface area contributed by atoms with Crippen molar-refractivity contribution in [2.45, 2.75) is 19.4 Å². The minimum Gasteiger partial charge on any atom is -0.497 e. The lowest BCUT2D eigenvalue weighted by Crippen LogP contribution is -2.32. The molecule has 0 spiro atoms. The number of nitrogens with one attached hydrogen (secondary N) is 1. The van der Waals surface area contributed by atoms with E-state index in [1.54, 1.807) is 44.4 Å². The van der Waals surface area contributed by atoms with Crippen LogP contribution in [0.1, 0.15) is 23.7 Å². The summed E-state index contributed by atoms with van der Waals surface area (Å²) in [6.45, 7) is 1.78. The number of methoxy groups -OCH3 is 2. The second-order valence-corrected chi connectivity index (χ2v) is 8.42. The summed E-state index contributed by atoms with van der Waals surface area (Å²) in [6, 6.07) is 20.0. The van der Waals surface area contributed by atoms with Crippen LogP contribution in [0.2, 0.25) is 0 Å². The molecular formula is C26H24N2O5S. The van der Waals surface area contributed by atoms with Crippen molar-refractivity contribution in [3.63, 3.8) is 0 Å². The molecule has 0 saturated heterocycles. The molecule has 1 N–H and O–H groups in total. The highest BCUT2D eigenvalue weighted by atomic mass is 32.1. The maximum absolute atomic E-state index is 13.1. The highest BCUT2D eigenvalue weighted by molar-refractivity contribution is 7.21. The van der Waals surface area contributed by atoms with E-state index in [1.807, 2.05) is 36.4 Å². The maximum atomic E-state index is 13.1. The number of nitrogens with zero attached hydrogens (tertiary/aromatic N) is 1. The van der Waals surface area contributed by atoms with E-state index in [-0.39, 0.29) is 0 Å². The minimum atomic E-state index is -0.984. The van der Waals surface area contributed by atoms with Crippen molar-refractivity contribution < 1.29 is 23.8 Å². The number of thiazole rings is 1. The molecule has 34 heavy (non-hydrogen) atoms. The van der Waals surface area contributed by atoms with Crippen LogP contribution in [0.5, 0.6) is 11.5 Å². The van der Waals surface area contributed by atoms with Gasteiger partial charge < -0.3 is 19.5 Å². The summed E-state index contributed by atoms with van der Waals surface area (Å²) in [5.41, 5.74) is 2.35. The summed E-state index contributed by atoms with van der Waals surface area (Å²) >= 11 is 1.50. The van der Waals surface area contributed by atoms with Gasteiger partial charge in [-0.25, -0.2) is 9.78 Å². The zero-order valence-electron chi connectivity index (χ0n) is 19.0. The van der Waals surface area contributed by atoms with Gasteiger partial charge in [0, 0.05) is 11.6 Å². The number of carbonyl (C=O) groups excluding carboxylic acids is 2. The molecule has 3 aromatic carbocycles. The molecule has 0 aliphatic rings. The lowest BCUT2D eigenvalue weighted by atomic mass is 10.1. The van der Waals surface area contributed by atoms with Crippen molar-refractivity contribution in [2.24, 2.45) is 0 Å². The molecule has 1 atom stereocenters. The summed E-state index contributed by atoms with van der Waals surface area (Å²) in [5, 5.41) is 3.49. The molecule has 0 bridgehead atoms. The van der Waals surface area contributed by atoms with Crippen molar-refractivity contribution in [3.05, 3.63) is 72.3 Å². The molecule has 1 heterocycles. The number of hydrogen-bond acceptors (Lipinski definition) is 7. The van der Waals surface area contributed by atoms with Gasteiger partial charge in [0.15, 0.2) is 6.10 Å². The van der Waals surface area contributed by atoms with Crippen molar-refractivity contribution >= 4 is 39.1 Å². The molecule has 0 saturated carbocycles. The Morgan fingerprint density at radius 1 is 1.00 bits per heavy atom. The van der Waals surface area contributed by atoms with Gasteiger partial charge in [-0.05, 0) is 36.8 Å². The molecule has 0 fully saturated rings. The van der Waals surface area contributed by atoms with E-state index in [4.69, 9.17) is 14.2 Å². The van der Waals surface area contributed by atoms with E-state index < -0.39 is 18.0 Å². The van der Waals surface area contributed by atoms with E-state index in [0.29, 0.717) is 39.7 Å². The molecule has 7 nitrogen and oxygen atoms in total. The average Bonchev–Trinajstić information content (AvgIpc) is 3.31. The Morgan fingerprint density at radius 3 is 2.50 bits per heavy atom. The number of para-hydroxylation sites is 1. The minimum absolute atomic E-state index is 0.305. The van der Waals surface area contributed by atoms with Gasteiger partial charge >= 0.3 is 5.97 Å². The topological polar surface area (TPSA) is 86.8 Å². The van der Waals surface area contributed by atoms with Gasteiger partial charge in [-0.15, -0.1) is 11.3 Å². The van der Waals surface area contributed by atoms with Crippen molar-refractivity contribution in [3.8, 4) is 22.1 Å². The first-order chi connectivity index (χ1) is 16.5.